The third-order valence-corrected chi connectivity index (χ3v) is 3.65. The molecule has 0 atom stereocenters. The summed E-state index contributed by atoms with van der Waals surface area (Å²) in [6, 6.07) is 10.8. The van der Waals surface area contributed by atoms with Gasteiger partial charge in [-0.3, -0.25) is 14.8 Å². The van der Waals surface area contributed by atoms with Gasteiger partial charge in [0.1, 0.15) is 0 Å². The quantitative estimate of drug-likeness (QED) is 0.775. The van der Waals surface area contributed by atoms with Crippen LogP contribution in [0.1, 0.15) is 16.1 Å². The first-order chi connectivity index (χ1) is 12.1. The van der Waals surface area contributed by atoms with Gasteiger partial charge in [0.25, 0.3) is 5.91 Å². The molecule has 2 aromatic heterocycles. The van der Waals surface area contributed by atoms with Crippen molar-refractivity contribution in [3.05, 3.63) is 83.9 Å². The molecule has 3 aromatic rings. The summed E-state index contributed by atoms with van der Waals surface area (Å²) in [5, 5.41) is 2.79. The third-order valence-electron chi connectivity index (χ3n) is 3.65. The summed E-state index contributed by atoms with van der Waals surface area (Å²) in [5.74, 6) is -2.14. The summed E-state index contributed by atoms with van der Waals surface area (Å²) in [6.07, 6.45) is 5.24. The standard InChI is InChI=1S/C19H15F2N3O/c20-17-5-4-13(10-18(17)21)14-9-15(12-22-11-14)19(25)24-8-6-16-3-1-2-7-23-16/h1-5,7,9-12H,6,8H2,(H,24,25). The number of halogens is 2. The molecule has 0 saturated heterocycles. The van der Waals surface area contributed by atoms with Crippen LogP contribution in [0.15, 0.2) is 61.1 Å². The molecule has 0 spiro atoms. The lowest BCUT2D eigenvalue weighted by molar-refractivity contribution is 0.0953. The van der Waals surface area contributed by atoms with Crippen molar-refractivity contribution in [3.63, 3.8) is 0 Å². The van der Waals surface area contributed by atoms with Crippen molar-refractivity contribution in [2.45, 2.75) is 6.42 Å². The van der Waals surface area contributed by atoms with Crippen LogP contribution in [0.3, 0.4) is 0 Å². The maximum atomic E-state index is 13.4. The number of hydrogen-bond donors (Lipinski definition) is 1. The number of nitrogens with zero attached hydrogens (tertiary/aromatic N) is 2. The van der Waals surface area contributed by atoms with E-state index in [-0.39, 0.29) is 5.91 Å². The van der Waals surface area contributed by atoms with Crippen molar-refractivity contribution in [2.75, 3.05) is 6.54 Å². The van der Waals surface area contributed by atoms with Crippen molar-refractivity contribution in [1.82, 2.24) is 15.3 Å². The molecule has 6 heteroatoms. The zero-order chi connectivity index (χ0) is 17.6. The van der Waals surface area contributed by atoms with Crippen LogP contribution in [0.2, 0.25) is 0 Å². The lowest BCUT2D eigenvalue weighted by atomic mass is 10.1. The molecule has 0 saturated carbocycles. The molecule has 0 aliphatic heterocycles. The lowest BCUT2D eigenvalue weighted by Gasteiger charge is -2.07. The Morgan fingerprint density at radius 2 is 1.88 bits per heavy atom. The van der Waals surface area contributed by atoms with Crippen LogP contribution < -0.4 is 5.32 Å². The highest BCUT2D eigenvalue weighted by Gasteiger charge is 2.09. The molecule has 0 aliphatic carbocycles. The van der Waals surface area contributed by atoms with Crippen LogP contribution in [-0.2, 0) is 6.42 Å². The maximum absolute atomic E-state index is 13.4. The van der Waals surface area contributed by atoms with Crippen molar-refractivity contribution in [2.24, 2.45) is 0 Å². The summed E-state index contributed by atoms with van der Waals surface area (Å²) < 4.78 is 26.4. The SMILES string of the molecule is O=C(NCCc1ccccn1)c1cncc(-c2ccc(F)c(F)c2)c1. The van der Waals surface area contributed by atoms with E-state index in [9.17, 15) is 13.6 Å². The van der Waals surface area contributed by atoms with E-state index in [0.717, 1.165) is 17.8 Å². The highest BCUT2D eigenvalue weighted by atomic mass is 19.2. The highest BCUT2D eigenvalue weighted by molar-refractivity contribution is 5.95. The molecule has 0 fully saturated rings. The number of carbonyl (C=O) groups is 1. The van der Waals surface area contributed by atoms with Gasteiger partial charge < -0.3 is 5.32 Å². The highest BCUT2D eigenvalue weighted by Crippen LogP contribution is 2.21. The van der Waals surface area contributed by atoms with Gasteiger partial charge >= 0.3 is 0 Å². The molecular formula is C19H15F2N3O. The zero-order valence-corrected chi connectivity index (χ0v) is 13.2. The Morgan fingerprint density at radius 1 is 1.00 bits per heavy atom. The fraction of sp³-hybridized carbons (Fsp3) is 0.105. The second-order valence-electron chi connectivity index (χ2n) is 5.42. The normalized spacial score (nSPS) is 10.5. The monoisotopic (exact) mass is 339 g/mol. The van der Waals surface area contributed by atoms with Crippen molar-refractivity contribution in [1.29, 1.82) is 0 Å². The minimum Gasteiger partial charge on any atom is -0.352 e. The molecule has 2 heterocycles. The molecule has 126 valence electrons. The Kier molecular flexibility index (Phi) is 5.09. The number of hydrogen-bond acceptors (Lipinski definition) is 3. The van der Waals surface area contributed by atoms with Gasteiger partial charge in [-0.2, -0.15) is 0 Å². The molecular weight excluding hydrogens is 324 g/mol. The molecule has 1 aromatic carbocycles. The van der Waals surface area contributed by atoms with Crippen molar-refractivity contribution in [3.8, 4) is 11.1 Å². The predicted molar refractivity (Wildman–Crippen MR) is 89.9 cm³/mol. The number of rotatable bonds is 5. The van der Waals surface area contributed by atoms with Crippen molar-refractivity contribution < 1.29 is 13.6 Å². The van der Waals surface area contributed by atoms with Crippen LogP contribution >= 0.6 is 0 Å². The summed E-state index contributed by atoms with van der Waals surface area (Å²) >= 11 is 0. The van der Waals surface area contributed by atoms with Gasteiger partial charge in [-0.15, -0.1) is 0 Å². The van der Waals surface area contributed by atoms with Gasteiger partial charge in [0.15, 0.2) is 11.6 Å². The predicted octanol–water partition coefficient (Wildman–Crippen LogP) is 3.39. The number of benzene rings is 1. The Balaban J connectivity index is 1.68. The fourth-order valence-electron chi connectivity index (χ4n) is 2.35. The Bertz CT molecular complexity index is 885. The summed E-state index contributed by atoms with van der Waals surface area (Å²) in [6.45, 7) is 0.436. The fourth-order valence-corrected chi connectivity index (χ4v) is 2.35. The molecule has 1 N–H and O–H groups in total. The van der Waals surface area contributed by atoms with Gasteiger partial charge in [0.2, 0.25) is 0 Å². The van der Waals surface area contributed by atoms with Gasteiger partial charge in [-0.25, -0.2) is 8.78 Å². The first-order valence-corrected chi connectivity index (χ1v) is 7.72. The lowest BCUT2D eigenvalue weighted by Crippen LogP contribution is -2.26. The number of nitrogens with one attached hydrogen (secondary N) is 1. The van der Waals surface area contributed by atoms with E-state index in [1.165, 1.54) is 18.5 Å². The van der Waals surface area contributed by atoms with E-state index in [2.05, 4.69) is 15.3 Å². The van der Waals surface area contributed by atoms with Crippen LogP contribution in [-0.4, -0.2) is 22.4 Å². The van der Waals surface area contributed by atoms with Gasteiger partial charge in [0, 0.05) is 42.8 Å². The van der Waals surface area contributed by atoms with Gasteiger partial charge in [0.05, 0.1) is 5.56 Å². The van der Waals surface area contributed by atoms with E-state index in [1.807, 2.05) is 18.2 Å². The third kappa shape index (κ3) is 4.23. The van der Waals surface area contributed by atoms with E-state index in [4.69, 9.17) is 0 Å². The Hall–Kier alpha value is -3.15. The number of carbonyl (C=O) groups excluding carboxylic acids is 1. The molecule has 0 bridgehead atoms. The second-order valence-corrected chi connectivity index (χ2v) is 5.42. The topological polar surface area (TPSA) is 54.9 Å². The zero-order valence-electron chi connectivity index (χ0n) is 13.2. The average molecular weight is 339 g/mol. The molecule has 0 unspecified atom stereocenters. The van der Waals surface area contributed by atoms with Crippen LogP contribution in [0, 0.1) is 11.6 Å². The smallest absolute Gasteiger partial charge is 0.252 e. The molecule has 1 amide bonds. The molecule has 0 radical (unpaired) electrons. The minimum absolute atomic E-state index is 0.284. The first kappa shape index (κ1) is 16.7. The van der Waals surface area contributed by atoms with E-state index < -0.39 is 11.6 Å². The molecule has 3 rings (SSSR count). The second kappa shape index (κ2) is 7.61. The number of aromatic nitrogens is 2. The van der Waals surface area contributed by atoms with E-state index in [1.54, 1.807) is 12.3 Å². The van der Waals surface area contributed by atoms with Crippen LogP contribution in [0.5, 0.6) is 0 Å². The summed E-state index contributed by atoms with van der Waals surface area (Å²) in [5.41, 5.74) is 2.23. The Labute approximate surface area is 143 Å². The number of amides is 1. The Morgan fingerprint density at radius 3 is 2.64 bits per heavy atom. The van der Waals surface area contributed by atoms with Crippen molar-refractivity contribution >= 4 is 5.91 Å². The summed E-state index contributed by atoms with van der Waals surface area (Å²) in [4.78, 5) is 20.4. The minimum atomic E-state index is -0.942. The van der Waals surface area contributed by atoms with Crippen LogP contribution in [0.4, 0.5) is 8.78 Å². The first-order valence-electron chi connectivity index (χ1n) is 7.72. The molecule has 4 nitrogen and oxygen atoms in total. The van der Waals surface area contributed by atoms with Gasteiger partial charge in [-0.1, -0.05) is 12.1 Å². The van der Waals surface area contributed by atoms with E-state index in [0.29, 0.717) is 29.7 Å². The largest absolute Gasteiger partial charge is 0.352 e. The molecule has 0 aliphatic rings. The average Bonchev–Trinajstić information content (AvgIpc) is 2.65. The number of pyridine rings is 2. The van der Waals surface area contributed by atoms with Gasteiger partial charge in [-0.05, 0) is 35.9 Å². The van der Waals surface area contributed by atoms with Crippen LogP contribution in [0.25, 0.3) is 11.1 Å². The summed E-state index contributed by atoms with van der Waals surface area (Å²) in [7, 11) is 0. The maximum Gasteiger partial charge on any atom is 0.252 e. The molecule has 25 heavy (non-hydrogen) atoms. The van der Waals surface area contributed by atoms with E-state index >= 15 is 0 Å².